The molecule has 0 N–H and O–H groups in total. The van der Waals surface area contributed by atoms with E-state index in [4.69, 9.17) is 0 Å². The second-order valence-corrected chi connectivity index (χ2v) is 3.34. The molecule has 0 aliphatic rings. The zero-order valence-corrected chi connectivity index (χ0v) is 8.86. The fraction of sp³-hybridized carbons (Fsp3) is 0.364. The molecular weight excluding hydrogens is 174 g/mol. The topological polar surface area (TPSA) is 37.6 Å². The van der Waals surface area contributed by atoms with Crippen molar-refractivity contribution in [2.45, 2.75) is 19.8 Å². The van der Waals surface area contributed by atoms with E-state index in [1.807, 2.05) is 12.1 Å². The molecule has 1 aromatic heterocycles. The van der Waals surface area contributed by atoms with Crippen LogP contribution in [0.4, 0.5) is 5.69 Å². The summed E-state index contributed by atoms with van der Waals surface area (Å²) < 4.78 is 0. The minimum Gasteiger partial charge on any atom is -0.294 e. The van der Waals surface area contributed by atoms with Gasteiger partial charge in [0.2, 0.25) is 0 Å². The Morgan fingerprint density at radius 2 is 2.14 bits per heavy atom. The van der Waals surface area contributed by atoms with Gasteiger partial charge in [-0.15, -0.1) is 0 Å². The summed E-state index contributed by atoms with van der Waals surface area (Å²) >= 11 is 0. The van der Waals surface area contributed by atoms with Crippen molar-refractivity contribution in [2.75, 3.05) is 7.05 Å². The zero-order valence-electron chi connectivity index (χ0n) is 8.86. The number of nitrogens with zero attached hydrogens (tertiary/aromatic N) is 3. The highest BCUT2D eigenvalue weighted by atomic mass is 14.8. The van der Waals surface area contributed by atoms with Crippen LogP contribution in [0.25, 0.3) is 0 Å². The molecule has 0 fully saturated rings. The predicted octanol–water partition coefficient (Wildman–Crippen LogP) is 2.59. The third kappa shape index (κ3) is 2.25. The molecule has 0 aliphatic heterocycles. The highest BCUT2D eigenvalue weighted by Crippen LogP contribution is 2.19. The van der Waals surface area contributed by atoms with Crippen LogP contribution in [0, 0.1) is 0 Å². The van der Waals surface area contributed by atoms with E-state index in [2.05, 4.69) is 35.5 Å². The summed E-state index contributed by atoms with van der Waals surface area (Å²) in [7, 11) is 1.72. The minimum atomic E-state index is 0.415. The van der Waals surface area contributed by atoms with Gasteiger partial charge in [0.1, 0.15) is 5.69 Å². The second-order valence-electron chi connectivity index (χ2n) is 3.34. The molecule has 0 amide bonds. The Balaban J connectivity index is 3.20. The molecular formula is C11H15N3. The summed E-state index contributed by atoms with van der Waals surface area (Å²) in [6, 6.07) is 3.90. The molecule has 14 heavy (non-hydrogen) atoms. The monoisotopic (exact) mass is 189 g/mol. The second kappa shape index (κ2) is 4.65. The maximum absolute atomic E-state index is 4.45. The van der Waals surface area contributed by atoms with Crippen LogP contribution in [0.2, 0.25) is 0 Å². The third-order valence-electron chi connectivity index (χ3n) is 1.94. The maximum Gasteiger partial charge on any atom is 0.107 e. The molecule has 3 heteroatoms. The van der Waals surface area contributed by atoms with Crippen LogP contribution in [0.3, 0.4) is 0 Å². The van der Waals surface area contributed by atoms with Crippen LogP contribution >= 0.6 is 0 Å². The van der Waals surface area contributed by atoms with Crippen molar-refractivity contribution in [1.82, 2.24) is 4.98 Å². The van der Waals surface area contributed by atoms with E-state index in [1.165, 1.54) is 0 Å². The first-order valence-corrected chi connectivity index (χ1v) is 4.59. The maximum atomic E-state index is 4.45. The van der Waals surface area contributed by atoms with Gasteiger partial charge in [-0.1, -0.05) is 13.8 Å². The van der Waals surface area contributed by atoms with E-state index in [0.717, 1.165) is 17.1 Å². The molecule has 0 radical (unpaired) electrons. The highest BCUT2D eigenvalue weighted by molar-refractivity contribution is 5.84. The van der Waals surface area contributed by atoms with Gasteiger partial charge >= 0.3 is 0 Å². The van der Waals surface area contributed by atoms with Gasteiger partial charge in [-0.05, 0) is 24.8 Å². The Bertz CT molecular complexity index is 354. The molecule has 0 aliphatic carbocycles. The molecule has 0 saturated carbocycles. The molecule has 0 saturated heterocycles. The van der Waals surface area contributed by atoms with E-state index >= 15 is 0 Å². The first-order chi connectivity index (χ1) is 6.69. The zero-order chi connectivity index (χ0) is 10.6. The van der Waals surface area contributed by atoms with E-state index < -0.39 is 0 Å². The molecule has 74 valence electrons. The molecule has 1 rings (SSSR count). The number of rotatable bonds is 3. The lowest BCUT2D eigenvalue weighted by molar-refractivity contribution is 0.821. The normalized spacial score (nSPS) is 11.1. The summed E-state index contributed by atoms with van der Waals surface area (Å²) in [5.41, 5.74) is 2.61. The number of hydrogen-bond donors (Lipinski definition) is 0. The van der Waals surface area contributed by atoms with Crippen molar-refractivity contribution in [3.8, 4) is 0 Å². The van der Waals surface area contributed by atoms with Crippen molar-refractivity contribution in [2.24, 2.45) is 9.98 Å². The Labute approximate surface area is 84.6 Å². The first kappa shape index (κ1) is 10.6. The van der Waals surface area contributed by atoms with Gasteiger partial charge in [0, 0.05) is 19.0 Å². The van der Waals surface area contributed by atoms with Crippen LogP contribution in [0.1, 0.15) is 31.2 Å². The van der Waals surface area contributed by atoms with Crippen LogP contribution in [-0.2, 0) is 0 Å². The van der Waals surface area contributed by atoms with Gasteiger partial charge in [-0.3, -0.25) is 9.98 Å². The molecule has 0 aromatic carbocycles. The summed E-state index contributed by atoms with van der Waals surface area (Å²) in [5.74, 6) is 0.415. The first-order valence-electron chi connectivity index (χ1n) is 4.59. The lowest BCUT2D eigenvalue weighted by Gasteiger charge is -2.06. The van der Waals surface area contributed by atoms with Gasteiger partial charge in [-0.2, -0.15) is 0 Å². The highest BCUT2D eigenvalue weighted by Gasteiger charge is 2.04. The predicted molar refractivity (Wildman–Crippen MR) is 61.1 cm³/mol. The van der Waals surface area contributed by atoms with Crippen molar-refractivity contribution >= 4 is 18.6 Å². The summed E-state index contributed by atoms with van der Waals surface area (Å²) in [6.07, 6.45) is 1.70. The average Bonchev–Trinajstić information content (AvgIpc) is 2.18. The molecule has 0 bridgehead atoms. The van der Waals surface area contributed by atoms with Gasteiger partial charge < -0.3 is 0 Å². The van der Waals surface area contributed by atoms with Crippen LogP contribution < -0.4 is 0 Å². The van der Waals surface area contributed by atoms with Gasteiger partial charge in [0.25, 0.3) is 0 Å². The quantitative estimate of drug-likeness (QED) is 0.673. The largest absolute Gasteiger partial charge is 0.294 e. The molecule has 0 atom stereocenters. The van der Waals surface area contributed by atoms with Gasteiger partial charge in [0.15, 0.2) is 0 Å². The summed E-state index contributed by atoms with van der Waals surface area (Å²) in [5, 5.41) is 0. The molecule has 0 spiro atoms. The fourth-order valence-corrected chi connectivity index (χ4v) is 1.16. The minimum absolute atomic E-state index is 0.415. The van der Waals surface area contributed by atoms with Gasteiger partial charge in [-0.25, -0.2) is 4.98 Å². The average molecular weight is 189 g/mol. The van der Waals surface area contributed by atoms with Crippen molar-refractivity contribution in [1.29, 1.82) is 0 Å². The Morgan fingerprint density at radius 3 is 2.64 bits per heavy atom. The lowest BCUT2D eigenvalue weighted by atomic mass is 10.1. The molecule has 0 unspecified atom stereocenters. The Hall–Kier alpha value is -1.51. The number of pyridine rings is 1. The van der Waals surface area contributed by atoms with E-state index in [1.54, 1.807) is 13.3 Å². The number of aromatic nitrogens is 1. The van der Waals surface area contributed by atoms with E-state index in [9.17, 15) is 0 Å². The van der Waals surface area contributed by atoms with E-state index in [-0.39, 0.29) is 0 Å². The molecule has 1 aromatic rings. The smallest absolute Gasteiger partial charge is 0.107 e. The van der Waals surface area contributed by atoms with E-state index in [0.29, 0.717) is 5.92 Å². The summed E-state index contributed by atoms with van der Waals surface area (Å²) in [6.45, 7) is 7.71. The fourth-order valence-electron chi connectivity index (χ4n) is 1.16. The van der Waals surface area contributed by atoms with Crippen molar-refractivity contribution in [3.05, 3.63) is 23.5 Å². The van der Waals surface area contributed by atoms with Gasteiger partial charge in [0.05, 0.1) is 5.69 Å². The number of aliphatic imine (C=N–C) groups is 2. The third-order valence-corrected chi connectivity index (χ3v) is 1.94. The van der Waals surface area contributed by atoms with Crippen LogP contribution in [0.5, 0.6) is 0 Å². The number of hydrogen-bond acceptors (Lipinski definition) is 3. The molecule has 3 nitrogen and oxygen atoms in total. The molecule has 1 heterocycles. The standard InChI is InChI=1S/C11H15N3/c1-8(2)9-5-6-10(13-4)11(14-9)7-12-3/h5-8H,4H2,1-3H3. The SMILES string of the molecule is C=Nc1ccc(C(C)C)nc1C=NC. The van der Waals surface area contributed by atoms with Crippen molar-refractivity contribution in [3.63, 3.8) is 0 Å². The Kier molecular flexibility index (Phi) is 3.51. The van der Waals surface area contributed by atoms with Crippen LogP contribution in [-0.4, -0.2) is 25.0 Å². The van der Waals surface area contributed by atoms with Crippen LogP contribution in [0.15, 0.2) is 22.1 Å². The Morgan fingerprint density at radius 1 is 1.43 bits per heavy atom. The van der Waals surface area contributed by atoms with Crippen molar-refractivity contribution < 1.29 is 0 Å². The lowest BCUT2D eigenvalue weighted by Crippen LogP contribution is -1.97. The summed E-state index contributed by atoms with van der Waals surface area (Å²) in [4.78, 5) is 12.3.